The molecule has 2 aromatic rings. The number of hydrogen-bond acceptors (Lipinski definition) is 3. The average Bonchev–Trinajstić information content (AvgIpc) is 2.89. The van der Waals surface area contributed by atoms with Crippen molar-refractivity contribution < 1.29 is 14.4 Å². The molecule has 28 heavy (non-hydrogen) atoms. The summed E-state index contributed by atoms with van der Waals surface area (Å²) in [7, 11) is 0. The first kappa shape index (κ1) is 19.6. The maximum atomic E-state index is 12.6. The van der Waals surface area contributed by atoms with Crippen molar-refractivity contribution in [2.45, 2.75) is 38.6 Å². The quantitative estimate of drug-likeness (QED) is 0.784. The van der Waals surface area contributed by atoms with Gasteiger partial charge in [0.2, 0.25) is 5.91 Å². The fraction of sp³-hybridized carbons (Fsp3) is 0.318. The molecule has 0 aliphatic carbocycles. The van der Waals surface area contributed by atoms with Crippen LogP contribution in [0.1, 0.15) is 31.9 Å². The predicted molar refractivity (Wildman–Crippen MR) is 108 cm³/mol. The van der Waals surface area contributed by atoms with E-state index in [-0.39, 0.29) is 17.9 Å². The number of benzene rings is 2. The van der Waals surface area contributed by atoms with E-state index in [2.05, 4.69) is 31.4 Å². The van der Waals surface area contributed by atoms with Gasteiger partial charge in [-0.05, 0) is 22.6 Å². The molecule has 0 aromatic heterocycles. The van der Waals surface area contributed by atoms with E-state index in [1.54, 1.807) is 0 Å². The maximum Gasteiger partial charge on any atom is 0.325 e. The van der Waals surface area contributed by atoms with Crippen molar-refractivity contribution >= 4 is 23.5 Å². The van der Waals surface area contributed by atoms with E-state index in [1.807, 2.05) is 54.6 Å². The highest BCUT2D eigenvalue weighted by molar-refractivity contribution is 6.08. The number of urea groups is 1. The summed E-state index contributed by atoms with van der Waals surface area (Å²) < 4.78 is 0. The van der Waals surface area contributed by atoms with Crippen LogP contribution in [0.5, 0.6) is 0 Å². The van der Waals surface area contributed by atoms with Crippen LogP contribution in [-0.4, -0.2) is 35.3 Å². The lowest BCUT2D eigenvalue weighted by molar-refractivity contribution is -0.130. The van der Waals surface area contributed by atoms with Gasteiger partial charge in [0.05, 0.1) is 0 Å². The van der Waals surface area contributed by atoms with E-state index in [0.29, 0.717) is 12.1 Å². The third-order valence-electron chi connectivity index (χ3n) is 4.70. The van der Waals surface area contributed by atoms with Crippen LogP contribution in [-0.2, 0) is 21.4 Å². The first-order valence-electron chi connectivity index (χ1n) is 9.31. The molecule has 4 amide bonds. The first-order valence-corrected chi connectivity index (χ1v) is 9.31. The maximum absolute atomic E-state index is 12.6. The molecule has 0 radical (unpaired) electrons. The van der Waals surface area contributed by atoms with E-state index in [0.717, 1.165) is 16.0 Å². The Bertz CT molecular complexity index is 887. The van der Waals surface area contributed by atoms with Gasteiger partial charge in [-0.3, -0.25) is 14.5 Å². The van der Waals surface area contributed by atoms with Crippen LogP contribution >= 0.6 is 0 Å². The summed E-state index contributed by atoms with van der Waals surface area (Å²) >= 11 is 0. The Morgan fingerprint density at radius 2 is 1.68 bits per heavy atom. The van der Waals surface area contributed by atoms with Gasteiger partial charge in [0, 0.05) is 12.1 Å². The molecule has 6 heteroatoms. The summed E-state index contributed by atoms with van der Waals surface area (Å²) in [6.07, 6.45) is 0.399. The lowest BCUT2D eigenvalue weighted by Gasteiger charge is -2.23. The Labute approximate surface area is 164 Å². The Kier molecular flexibility index (Phi) is 5.49. The highest BCUT2D eigenvalue weighted by Gasteiger charge is 2.38. The Morgan fingerprint density at radius 1 is 1.04 bits per heavy atom. The molecule has 0 unspecified atom stereocenters. The molecule has 2 N–H and O–H groups in total. The molecular formula is C22H25N3O3. The van der Waals surface area contributed by atoms with Gasteiger partial charge in [0.1, 0.15) is 12.6 Å². The second-order valence-corrected chi connectivity index (χ2v) is 7.96. The molecule has 1 fully saturated rings. The summed E-state index contributed by atoms with van der Waals surface area (Å²) in [5, 5.41) is 5.50. The Morgan fingerprint density at radius 3 is 2.36 bits per heavy atom. The van der Waals surface area contributed by atoms with E-state index < -0.39 is 18.0 Å². The van der Waals surface area contributed by atoms with Crippen LogP contribution in [0.4, 0.5) is 10.5 Å². The van der Waals surface area contributed by atoms with Crippen molar-refractivity contribution in [3.63, 3.8) is 0 Å². The summed E-state index contributed by atoms with van der Waals surface area (Å²) in [5.41, 5.74) is 2.48. The van der Waals surface area contributed by atoms with Gasteiger partial charge in [-0.15, -0.1) is 0 Å². The van der Waals surface area contributed by atoms with Crippen molar-refractivity contribution in [2.24, 2.45) is 0 Å². The minimum atomic E-state index is -0.649. The van der Waals surface area contributed by atoms with Gasteiger partial charge in [0.25, 0.3) is 5.91 Å². The zero-order valence-electron chi connectivity index (χ0n) is 16.4. The number of carbonyl (C=O) groups is 3. The smallest absolute Gasteiger partial charge is 0.325 e. The van der Waals surface area contributed by atoms with Crippen LogP contribution < -0.4 is 10.6 Å². The number of amides is 4. The van der Waals surface area contributed by atoms with Crippen molar-refractivity contribution in [1.29, 1.82) is 0 Å². The summed E-state index contributed by atoms with van der Waals surface area (Å²) in [5.74, 6) is -0.784. The normalized spacial score (nSPS) is 16.8. The van der Waals surface area contributed by atoms with Crippen LogP contribution in [0.15, 0.2) is 54.6 Å². The van der Waals surface area contributed by atoms with Gasteiger partial charge in [-0.25, -0.2) is 4.79 Å². The minimum absolute atomic E-state index is 0.147. The molecule has 1 heterocycles. The molecule has 2 aromatic carbocycles. The molecule has 3 rings (SSSR count). The van der Waals surface area contributed by atoms with Crippen molar-refractivity contribution in [2.75, 3.05) is 11.9 Å². The van der Waals surface area contributed by atoms with Crippen LogP contribution in [0.25, 0.3) is 0 Å². The van der Waals surface area contributed by atoms with E-state index >= 15 is 0 Å². The molecular weight excluding hydrogens is 354 g/mol. The van der Waals surface area contributed by atoms with Gasteiger partial charge < -0.3 is 10.6 Å². The molecule has 6 nitrogen and oxygen atoms in total. The molecule has 0 spiro atoms. The fourth-order valence-electron chi connectivity index (χ4n) is 3.29. The number of para-hydroxylation sites is 1. The molecule has 146 valence electrons. The predicted octanol–water partition coefficient (Wildman–Crippen LogP) is 3.09. The number of nitrogens with zero attached hydrogens (tertiary/aromatic N) is 1. The lowest BCUT2D eigenvalue weighted by atomic mass is 9.86. The molecule has 0 bridgehead atoms. The second kappa shape index (κ2) is 7.84. The van der Waals surface area contributed by atoms with E-state index in [9.17, 15) is 14.4 Å². The minimum Gasteiger partial charge on any atom is -0.325 e. The summed E-state index contributed by atoms with van der Waals surface area (Å²) in [4.78, 5) is 38.3. The van der Waals surface area contributed by atoms with Crippen molar-refractivity contribution in [1.82, 2.24) is 10.2 Å². The van der Waals surface area contributed by atoms with E-state index in [4.69, 9.17) is 0 Å². The monoisotopic (exact) mass is 379 g/mol. The third-order valence-corrected chi connectivity index (χ3v) is 4.70. The SMILES string of the molecule is CC(C)(C)c1ccccc1NC(=O)CN1C(=O)N[C@@H](Cc2ccccc2)C1=O. The first-order chi connectivity index (χ1) is 13.3. The standard InChI is InChI=1S/C22H25N3O3/c1-22(2,3)16-11-7-8-12-17(16)23-19(26)14-25-20(27)18(24-21(25)28)13-15-9-5-4-6-10-15/h4-12,18H,13-14H2,1-3H3,(H,23,26)(H,24,28)/t18-/m0/s1. The second-order valence-electron chi connectivity index (χ2n) is 7.96. The van der Waals surface area contributed by atoms with Crippen LogP contribution in [0.3, 0.4) is 0 Å². The number of carbonyl (C=O) groups excluding carboxylic acids is 3. The molecule has 1 atom stereocenters. The van der Waals surface area contributed by atoms with E-state index in [1.165, 1.54) is 0 Å². The lowest BCUT2D eigenvalue weighted by Crippen LogP contribution is -2.38. The number of anilines is 1. The van der Waals surface area contributed by atoms with Gasteiger partial charge in [-0.1, -0.05) is 69.3 Å². The number of hydrogen-bond donors (Lipinski definition) is 2. The fourth-order valence-corrected chi connectivity index (χ4v) is 3.29. The molecule has 1 aliphatic rings. The molecule has 0 saturated carbocycles. The average molecular weight is 379 g/mol. The largest absolute Gasteiger partial charge is 0.325 e. The van der Waals surface area contributed by atoms with Crippen LogP contribution in [0, 0.1) is 0 Å². The van der Waals surface area contributed by atoms with Crippen molar-refractivity contribution in [3.8, 4) is 0 Å². The summed E-state index contributed by atoms with van der Waals surface area (Å²) in [6, 6.07) is 15.8. The topological polar surface area (TPSA) is 78.5 Å². The van der Waals surface area contributed by atoms with Crippen LogP contribution in [0.2, 0.25) is 0 Å². The Balaban J connectivity index is 1.66. The molecule has 1 aliphatic heterocycles. The van der Waals surface area contributed by atoms with Gasteiger partial charge in [0.15, 0.2) is 0 Å². The zero-order chi connectivity index (χ0) is 20.3. The highest BCUT2D eigenvalue weighted by Crippen LogP contribution is 2.29. The summed E-state index contributed by atoms with van der Waals surface area (Å²) in [6.45, 7) is 5.87. The third kappa shape index (κ3) is 4.39. The van der Waals surface area contributed by atoms with Crippen molar-refractivity contribution in [3.05, 3.63) is 65.7 Å². The van der Waals surface area contributed by atoms with Gasteiger partial charge >= 0.3 is 6.03 Å². The van der Waals surface area contributed by atoms with Gasteiger partial charge in [-0.2, -0.15) is 0 Å². The molecule has 1 saturated heterocycles. The number of nitrogens with one attached hydrogen (secondary N) is 2. The Hall–Kier alpha value is -3.15. The zero-order valence-corrected chi connectivity index (χ0v) is 16.4. The highest BCUT2D eigenvalue weighted by atomic mass is 16.2. The number of rotatable bonds is 5. The number of imide groups is 1.